The highest BCUT2D eigenvalue weighted by molar-refractivity contribution is 9.10. The molecule has 2 heterocycles. The van der Waals surface area contributed by atoms with Crippen molar-refractivity contribution in [2.75, 3.05) is 0 Å². The summed E-state index contributed by atoms with van der Waals surface area (Å²) in [6.45, 7) is 9.73. The molecule has 0 radical (unpaired) electrons. The first kappa shape index (κ1) is 15.0. The zero-order chi connectivity index (χ0) is 15.1. The summed E-state index contributed by atoms with van der Waals surface area (Å²) in [7, 11) is 0. The zero-order valence-electron chi connectivity index (χ0n) is 12.4. The Hall–Kier alpha value is -1.36. The number of hydrogen-bond donors (Lipinski definition) is 0. The highest BCUT2D eigenvalue weighted by atomic mass is 79.9. The topological polar surface area (TPSA) is 44.1 Å². The van der Waals surface area contributed by atoms with Crippen LogP contribution in [0.1, 0.15) is 46.1 Å². The molecule has 0 atom stereocenters. The maximum absolute atomic E-state index is 12.3. The first-order valence-corrected chi connectivity index (χ1v) is 7.39. The van der Waals surface area contributed by atoms with Crippen LogP contribution in [0.5, 0.6) is 0 Å². The van der Waals surface area contributed by atoms with Crippen LogP contribution in [-0.4, -0.2) is 21.2 Å². The second-order valence-electron chi connectivity index (χ2n) is 6.09. The fraction of sp³-hybridized carbons (Fsp3) is 0.467. The van der Waals surface area contributed by atoms with Crippen LogP contribution in [0.3, 0.4) is 0 Å². The molecule has 0 saturated carbocycles. The largest absolute Gasteiger partial charge is 0.443 e. The average Bonchev–Trinajstić information content (AvgIpc) is 2.65. The lowest BCUT2D eigenvalue weighted by molar-refractivity contribution is 0.0544. The van der Waals surface area contributed by atoms with Crippen LogP contribution in [0.2, 0.25) is 0 Å². The second kappa shape index (κ2) is 5.20. The van der Waals surface area contributed by atoms with E-state index < -0.39 is 5.60 Å². The fourth-order valence-electron chi connectivity index (χ4n) is 1.99. The number of pyridine rings is 1. The summed E-state index contributed by atoms with van der Waals surface area (Å²) in [5.74, 6) is 0.281. The number of rotatable bonds is 1. The number of halogens is 1. The number of nitrogens with zero attached hydrogens (tertiary/aromatic N) is 2. The predicted octanol–water partition coefficient (Wildman–Crippen LogP) is 4.71. The van der Waals surface area contributed by atoms with Crippen molar-refractivity contribution in [1.82, 2.24) is 9.55 Å². The third kappa shape index (κ3) is 3.03. The van der Waals surface area contributed by atoms with Gasteiger partial charge in [-0.1, -0.05) is 13.8 Å². The van der Waals surface area contributed by atoms with Crippen LogP contribution in [0, 0.1) is 0 Å². The van der Waals surface area contributed by atoms with Crippen LogP contribution in [-0.2, 0) is 4.74 Å². The van der Waals surface area contributed by atoms with Crippen LogP contribution in [0.4, 0.5) is 4.79 Å². The Balaban J connectivity index is 2.57. The Morgan fingerprint density at radius 1 is 1.35 bits per heavy atom. The monoisotopic (exact) mass is 338 g/mol. The van der Waals surface area contributed by atoms with Crippen molar-refractivity contribution >= 4 is 33.1 Å². The third-order valence-electron chi connectivity index (χ3n) is 2.85. The van der Waals surface area contributed by atoms with E-state index in [0.29, 0.717) is 0 Å². The molecule has 108 valence electrons. The normalized spacial score (nSPS) is 12.2. The molecule has 5 heteroatoms. The minimum Gasteiger partial charge on any atom is -0.443 e. The van der Waals surface area contributed by atoms with Gasteiger partial charge in [0.1, 0.15) is 10.2 Å². The molecular weight excluding hydrogens is 320 g/mol. The number of carbonyl (C=O) groups excluding carboxylic acids is 1. The Morgan fingerprint density at radius 3 is 2.55 bits per heavy atom. The number of hydrogen-bond acceptors (Lipinski definition) is 3. The fourth-order valence-corrected chi connectivity index (χ4v) is 2.30. The second-order valence-corrected chi connectivity index (χ2v) is 6.90. The van der Waals surface area contributed by atoms with Gasteiger partial charge in [-0.3, -0.25) is 4.57 Å². The van der Waals surface area contributed by atoms with E-state index in [1.807, 2.05) is 39.1 Å². The SMILES string of the molecule is CC(C)c1cn(C(=O)OC(C)(C)C)c2ccc(Br)nc12. The third-order valence-corrected chi connectivity index (χ3v) is 3.29. The van der Waals surface area contributed by atoms with Crippen LogP contribution < -0.4 is 0 Å². The van der Waals surface area contributed by atoms with Crippen molar-refractivity contribution < 1.29 is 9.53 Å². The maximum Gasteiger partial charge on any atom is 0.419 e. The van der Waals surface area contributed by atoms with E-state index in [-0.39, 0.29) is 12.0 Å². The summed E-state index contributed by atoms with van der Waals surface area (Å²) >= 11 is 3.37. The van der Waals surface area contributed by atoms with Gasteiger partial charge in [-0.15, -0.1) is 0 Å². The minimum absolute atomic E-state index is 0.281. The molecule has 0 aliphatic rings. The Bertz CT molecular complexity index is 654. The van der Waals surface area contributed by atoms with Gasteiger partial charge in [-0.2, -0.15) is 0 Å². The zero-order valence-corrected chi connectivity index (χ0v) is 14.0. The Morgan fingerprint density at radius 2 is 2.00 bits per heavy atom. The molecule has 0 saturated heterocycles. The van der Waals surface area contributed by atoms with E-state index in [1.165, 1.54) is 4.57 Å². The van der Waals surface area contributed by atoms with Crippen LogP contribution in [0.15, 0.2) is 22.9 Å². The van der Waals surface area contributed by atoms with Crippen molar-refractivity contribution in [1.29, 1.82) is 0 Å². The lowest BCUT2D eigenvalue weighted by atomic mass is 10.1. The van der Waals surface area contributed by atoms with Crippen LogP contribution in [0.25, 0.3) is 11.0 Å². The van der Waals surface area contributed by atoms with Gasteiger partial charge in [0.2, 0.25) is 0 Å². The standard InChI is InChI=1S/C15H19BrN2O2/c1-9(2)10-8-18(14(19)20-15(3,4)5)11-6-7-12(16)17-13(10)11/h6-9H,1-5H3. The van der Waals surface area contributed by atoms with E-state index in [4.69, 9.17) is 4.74 Å². The summed E-state index contributed by atoms with van der Waals surface area (Å²) < 4.78 is 7.73. The first-order valence-electron chi connectivity index (χ1n) is 6.60. The molecule has 20 heavy (non-hydrogen) atoms. The molecule has 0 bridgehead atoms. The Labute approximate surface area is 127 Å². The van der Waals surface area contributed by atoms with E-state index in [9.17, 15) is 4.79 Å². The number of ether oxygens (including phenoxy) is 1. The summed E-state index contributed by atoms with van der Waals surface area (Å²) in [6, 6.07) is 3.70. The van der Waals surface area contributed by atoms with E-state index in [0.717, 1.165) is 21.2 Å². The van der Waals surface area contributed by atoms with Crippen molar-refractivity contribution in [2.24, 2.45) is 0 Å². The molecule has 0 amide bonds. The first-order chi connectivity index (χ1) is 9.19. The van der Waals surface area contributed by atoms with Gasteiger partial charge in [-0.05, 0) is 60.3 Å². The van der Waals surface area contributed by atoms with E-state index >= 15 is 0 Å². The molecule has 0 unspecified atom stereocenters. The highest BCUT2D eigenvalue weighted by Gasteiger charge is 2.22. The van der Waals surface area contributed by atoms with Crippen molar-refractivity contribution in [3.63, 3.8) is 0 Å². The minimum atomic E-state index is -0.519. The van der Waals surface area contributed by atoms with Crippen molar-refractivity contribution in [3.05, 3.63) is 28.5 Å². The molecule has 2 aromatic heterocycles. The van der Waals surface area contributed by atoms with Gasteiger partial charge in [0.05, 0.1) is 11.0 Å². The summed E-state index contributed by atoms with van der Waals surface area (Å²) in [5, 5.41) is 0. The number of carbonyl (C=O) groups is 1. The van der Waals surface area contributed by atoms with E-state index in [2.05, 4.69) is 34.8 Å². The number of aromatic nitrogens is 2. The molecule has 0 N–H and O–H groups in total. The predicted molar refractivity (Wildman–Crippen MR) is 83.2 cm³/mol. The highest BCUT2D eigenvalue weighted by Crippen LogP contribution is 2.28. The van der Waals surface area contributed by atoms with Crippen molar-refractivity contribution in [2.45, 2.75) is 46.1 Å². The summed E-state index contributed by atoms with van der Waals surface area (Å²) in [4.78, 5) is 16.8. The molecule has 0 aliphatic heterocycles. The lowest BCUT2D eigenvalue weighted by Gasteiger charge is -2.19. The molecule has 2 rings (SSSR count). The smallest absolute Gasteiger partial charge is 0.419 e. The van der Waals surface area contributed by atoms with Crippen molar-refractivity contribution in [3.8, 4) is 0 Å². The van der Waals surface area contributed by atoms with Crippen LogP contribution >= 0.6 is 15.9 Å². The molecule has 0 aliphatic carbocycles. The van der Waals surface area contributed by atoms with Gasteiger partial charge in [-0.25, -0.2) is 9.78 Å². The maximum atomic E-state index is 12.3. The lowest BCUT2D eigenvalue weighted by Crippen LogP contribution is -2.26. The van der Waals surface area contributed by atoms with Gasteiger partial charge < -0.3 is 4.74 Å². The number of fused-ring (bicyclic) bond motifs is 1. The summed E-state index contributed by atoms with van der Waals surface area (Å²) in [5.41, 5.74) is 2.12. The molecule has 0 fully saturated rings. The molecule has 2 aromatic rings. The molecule has 4 nitrogen and oxygen atoms in total. The van der Waals surface area contributed by atoms with Gasteiger partial charge >= 0.3 is 6.09 Å². The molecular formula is C15H19BrN2O2. The van der Waals surface area contributed by atoms with Gasteiger partial charge in [0.15, 0.2) is 0 Å². The average molecular weight is 339 g/mol. The van der Waals surface area contributed by atoms with Gasteiger partial charge in [0, 0.05) is 6.20 Å². The van der Waals surface area contributed by atoms with Gasteiger partial charge in [0.25, 0.3) is 0 Å². The molecule has 0 aromatic carbocycles. The summed E-state index contributed by atoms with van der Waals surface area (Å²) in [6.07, 6.45) is 1.45. The van der Waals surface area contributed by atoms with E-state index in [1.54, 1.807) is 0 Å². The molecule has 0 spiro atoms. The Kier molecular flexibility index (Phi) is 3.91. The quantitative estimate of drug-likeness (QED) is 0.707.